The number of hydrogen-bond donors (Lipinski definition) is 0. The number of benzene rings is 6. The molecule has 3 heteroatoms. The highest BCUT2D eigenvalue weighted by molar-refractivity contribution is 8.00. The molecule has 6 aliphatic carbocycles. The largest absolute Gasteiger partial charge is 0.358 e. The van der Waals surface area contributed by atoms with Crippen molar-refractivity contribution < 1.29 is 0 Å². The van der Waals surface area contributed by atoms with E-state index < -0.39 is 0 Å². The lowest BCUT2D eigenvalue weighted by molar-refractivity contribution is 0.588. The first-order chi connectivity index (χ1) is 35.2. The molecule has 2 heterocycles. The smallest absolute Gasteiger partial charge is 0.0629 e. The van der Waals surface area contributed by atoms with E-state index in [4.69, 9.17) is 0 Å². The monoisotopic (exact) mass is 930 g/mol. The first-order valence-electron chi connectivity index (χ1n) is 25.6. The molecule has 0 saturated heterocycles. The lowest BCUT2D eigenvalue weighted by Gasteiger charge is -2.40. The van der Waals surface area contributed by atoms with Crippen molar-refractivity contribution in [1.82, 2.24) is 0 Å². The highest BCUT2D eigenvalue weighted by atomic mass is 32.2. The van der Waals surface area contributed by atoms with Crippen molar-refractivity contribution in [1.29, 1.82) is 0 Å². The maximum absolute atomic E-state index is 2.69. The van der Waals surface area contributed by atoms with E-state index in [1.54, 1.807) is 0 Å². The Bertz CT molecular complexity index is 3520. The van der Waals surface area contributed by atoms with Crippen LogP contribution in [0.25, 0.3) is 38.6 Å². The minimum atomic E-state index is 0.164. The zero-order valence-electron chi connectivity index (χ0n) is 39.6. The zero-order chi connectivity index (χ0) is 46.8. The number of fused-ring (bicyclic) bond motifs is 8. The van der Waals surface area contributed by atoms with Crippen molar-refractivity contribution in [2.24, 2.45) is 11.8 Å². The Labute approximate surface area is 422 Å². The summed E-state index contributed by atoms with van der Waals surface area (Å²) in [5.41, 5.74) is 17.1. The van der Waals surface area contributed by atoms with E-state index in [0.29, 0.717) is 28.9 Å². The molecule has 8 unspecified atom stereocenters. The zero-order valence-corrected chi connectivity index (χ0v) is 40.4. The fourth-order valence-corrected chi connectivity index (χ4v) is 14.1. The molecule has 2 aliphatic heterocycles. The summed E-state index contributed by atoms with van der Waals surface area (Å²) >= 11 is 2.00. The first kappa shape index (κ1) is 42.3. The van der Waals surface area contributed by atoms with Gasteiger partial charge in [0.05, 0.1) is 18.1 Å². The first-order valence-corrected chi connectivity index (χ1v) is 26.5. The average Bonchev–Trinajstić information content (AvgIpc) is 3.99. The summed E-state index contributed by atoms with van der Waals surface area (Å²) < 4.78 is 0. The molecule has 0 N–H and O–H groups in total. The molecule has 71 heavy (non-hydrogen) atoms. The van der Waals surface area contributed by atoms with E-state index in [9.17, 15) is 0 Å². The fourth-order valence-electron chi connectivity index (χ4n) is 12.8. The van der Waals surface area contributed by atoms with Crippen LogP contribution in [0.15, 0.2) is 271 Å². The molecular weight excluding hydrogens is 877 g/mol. The predicted molar refractivity (Wildman–Crippen MR) is 301 cm³/mol. The van der Waals surface area contributed by atoms with Gasteiger partial charge in [-0.25, -0.2) is 0 Å². The van der Waals surface area contributed by atoms with E-state index in [1.165, 1.54) is 88.4 Å². The van der Waals surface area contributed by atoms with Crippen molar-refractivity contribution in [3.63, 3.8) is 0 Å². The van der Waals surface area contributed by atoms with Gasteiger partial charge in [-0.05, 0) is 116 Å². The van der Waals surface area contributed by atoms with Crippen LogP contribution in [0.2, 0.25) is 0 Å². The second kappa shape index (κ2) is 17.7. The van der Waals surface area contributed by atoms with Gasteiger partial charge >= 0.3 is 0 Å². The van der Waals surface area contributed by atoms with Crippen LogP contribution >= 0.6 is 11.8 Å². The Balaban J connectivity index is 0.829. The molecule has 6 aromatic carbocycles. The fraction of sp³-hybridized carbons (Fsp3) is 0.147. The van der Waals surface area contributed by atoms with Crippen molar-refractivity contribution in [3.05, 3.63) is 283 Å². The quantitative estimate of drug-likeness (QED) is 0.150. The van der Waals surface area contributed by atoms with E-state index in [2.05, 4.69) is 265 Å². The molecule has 0 bridgehead atoms. The van der Waals surface area contributed by atoms with Crippen molar-refractivity contribution in [2.75, 3.05) is 9.80 Å². The molecule has 0 radical (unpaired) electrons. The molecule has 0 aromatic heterocycles. The molecule has 6 aromatic rings. The minimum Gasteiger partial charge on any atom is -0.358 e. The Kier molecular flexibility index (Phi) is 10.5. The Hall–Kier alpha value is -7.59. The number of anilines is 3. The summed E-state index contributed by atoms with van der Waals surface area (Å²) in [5.74, 6) is 1.46. The lowest BCUT2D eigenvalue weighted by Crippen LogP contribution is -2.42. The highest BCUT2D eigenvalue weighted by Gasteiger charge is 2.39. The van der Waals surface area contributed by atoms with Gasteiger partial charge in [0.1, 0.15) is 0 Å². The molecule has 14 rings (SSSR count). The van der Waals surface area contributed by atoms with Crippen LogP contribution in [0, 0.1) is 11.8 Å². The van der Waals surface area contributed by atoms with Gasteiger partial charge in [0.2, 0.25) is 0 Å². The summed E-state index contributed by atoms with van der Waals surface area (Å²) in [6, 6.07) is 48.8. The Morgan fingerprint density at radius 3 is 2.07 bits per heavy atom. The predicted octanol–water partition coefficient (Wildman–Crippen LogP) is 16.9. The van der Waals surface area contributed by atoms with E-state index in [-0.39, 0.29) is 18.1 Å². The number of thioether (sulfide) groups is 1. The molecular formula is C68H54N2S. The van der Waals surface area contributed by atoms with Gasteiger partial charge in [-0.2, -0.15) is 0 Å². The average molecular weight is 931 g/mol. The topological polar surface area (TPSA) is 6.48 Å². The minimum absolute atomic E-state index is 0.164. The standard InChI is InChI=1S/C68H54N2S/c1-3-17-55-45(13-1)15-11-22-57(55)47-27-35-52(36-28-47)69(53-37-29-48(30-38-53)58-23-12-16-46-14-2-4-18-56(46)58)54-39-31-49(32-40-54)62-43-50(51-34-42-68-63(44-51)61-21-7-10-26-67(61)71-68)33-41-66(62)70-64-24-8-5-19-59(64)60-20-6-9-25-65(60)70/h1-37,39,41-44,53-54,56,58-59,61,64,67H,38,40H2. The van der Waals surface area contributed by atoms with Crippen LogP contribution in [-0.2, 0) is 0 Å². The summed E-state index contributed by atoms with van der Waals surface area (Å²) in [7, 11) is 0. The van der Waals surface area contributed by atoms with E-state index >= 15 is 0 Å². The molecule has 8 aliphatic rings. The maximum atomic E-state index is 2.69. The van der Waals surface area contributed by atoms with Gasteiger partial charge in [0, 0.05) is 56.4 Å². The SMILES string of the molecule is C1=CC2=CC=CC(C3=CCC(N(c4ccc(-c5cccc6ccccc56)cc4)C4C=CC(c5cc(-c6ccc7c(c6)C6C=CC=CC6S7)ccc5N5c6ccccc6C6C=CC=CC65)=CC4)C=C3)C2C=C1. The van der Waals surface area contributed by atoms with Crippen molar-refractivity contribution in [2.45, 2.75) is 52.9 Å². The Morgan fingerprint density at radius 1 is 0.465 bits per heavy atom. The van der Waals surface area contributed by atoms with Crippen LogP contribution in [0.5, 0.6) is 0 Å². The van der Waals surface area contributed by atoms with E-state index in [1.807, 2.05) is 11.8 Å². The van der Waals surface area contributed by atoms with Gasteiger partial charge < -0.3 is 9.80 Å². The lowest BCUT2D eigenvalue weighted by atomic mass is 9.75. The van der Waals surface area contributed by atoms with Crippen LogP contribution in [0.3, 0.4) is 0 Å². The number of rotatable bonds is 8. The molecule has 8 atom stereocenters. The third-order valence-electron chi connectivity index (χ3n) is 16.2. The maximum Gasteiger partial charge on any atom is 0.0629 e. The summed E-state index contributed by atoms with van der Waals surface area (Å²) in [4.78, 5) is 6.71. The second-order valence-corrected chi connectivity index (χ2v) is 21.3. The number of nitrogens with zero attached hydrogens (tertiary/aromatic N) is 2. The Morgan fingerprint density at radius 2 is 1.18 bits per heavy atom. The van der Waals surface area contributed by atoms with Gasteiger partial charge in [-0.1, -0.05) is 213 Å². The van der Waals surface area contributed by atoms with Crippen LogP contribution in [0.1, 0.15) is 41.4 Å². The second-order valence-electron chi connectivity index (χ2n) is 20.1. The molecule has 342 valence electrons. The molecule has 0 amide bonds. The summed E-state index contributed by atoms with van der Waals surface area (Å²) in [6.45, 7) is 0. The van der Waals surface area contributed by atoms with Gasteiger partial charge in [-0.3, -0.25) is 0 Å². The summed E-state index contributed by atoms with van der Waals surface area (Å²) in [6.07, 6.45) is 51.1. The molecule has 0 fully saturated rings. The van der Waals surface area contributed by atoms with Gasteiger partial charge in [0.15, 0.2) is 0 Å². The normalized spacial score (nSPS) is 25.9. The van der Waals surface area contributed by atoms with Crippen LogP contribution in [0.4, 0.5) is 17.1 Å². The number of hydrogen-bond acceptors (Lipinski definition) is 3. The summed E-state index contributed by atoms with van der Waals surface area (Å²) in [5, 5.41) is 3.03. The van der Waals surface area contributed by atoms with Crippen LogP contribution in [-0.4, -0.2) is 23.4 Å². The van der Waals surface area contributed by atoms with Crippen molar-refractivity contribution >= 4 is 45.2 Å². The number of para-hydroxylation sites is 1. The molecule has 2 nitrogen and oxygen atoms in total. The third-order valence-corrected chi connectivity index (χ3v) is 17.6. The highest BCUT2D eigenvalue weighted by Crippen LogP contribution is 2.52. The third kappa shape index (κ3) is 7.40. The molecule has 0 saturated carbocycles. The van der Waals surface area contributed by atoms with Gasteiger partial charge in [0.25, 0.3) is 0 Å². The molecule has 0 spiro atoms. The van der Waals surface area contributed by atoms with E-state index in [0.717, 1.165) is 12.8 Å². The van der Waals surface area contributed by atoms with Gasteiger partial charge in [-0.15, -0.1) is 11.8 Å². The number of allylic oxidation sites excluding steroid dienone is 17. The van der Waals surface area contributed by atoms with Crippen LogP contribution < -0.4 is 9.80 Å². The van der Waals surface area contributed by atoms with Crippen molar-refractivity contribution in [3.8, 4) is 22.3 Å².